The van der Waals surface area contributed by atoms with E-state index in [-0.39, 0.29) is 5.97 Å². The average Bonchev–Trinajstić information content (AvgIpc) is 2.69. The number of carbonyl (C=O) groups is 1. The van der Waals surface area contributed by atoms with E-state index in [1.54, 1.807) is 0 Å². The average molecular weight is 460 g/mol. The van der Waals surface area contributed by atoms with Crippen LogP contribution in [0, 0.1) is 0 Å². The number of carbonyl (C=O) groups excluding carboxylic acids is 1. The van der Waals surface area contributed by atoms with Crippen molar-refractivity contribution in [2.45, 2.75) is 129 Å². The summed E-state index contributed by atoms with van der Waals surface area (Å²) in [6.07, 6.45) is 24.2. The highest BCUT2D eigenvalue weighted by molar-refractivity contribution is 9.09. The lowest BCUT2D eigenvalue weighted by Gasteiger charge is -2.08. The van der Waals surface area contributed by atoms with Gasteiger partial charge in [-0.25, -0.2) is 4.79 Å². The van der Waals surface area contributed by atoms with Gasteiger partial charge in [0.15, 0.2) is 0 Å². The van der Waals surface area contributed by atoms with Gasteiger partial charge in [-0.2, -0.15) is 0 Å². The lowest BCUT2D eigenvalue weighted by atomic mass is 10.00. The van der Waals surface area contributed by atoms with Crippen molar-refractivity contribution in [3.8, 4) is 0 Å². The molecule has 28 heavy (non-hydrogen) atoms. The molecule has 0 aromatic rings. The molecule has 0 spiro atoms. The molecule has 0 atom stereocenters. The van der Waals surface area contributed by atoms with E-state index in [0.717, 1.165) is 31.0 Å². The minimum atomic E-state index is -0.119. The first-order valence-electron chi connectivity index (χ1n) is 12.2. The highest BCUT2D eigenvalue weighted by atomic mass is 79.9. The third-order valence-corrected chi connectivity index (χ3v) is 5.86. The van der Waals surface area contributed by atoms with Crippen LogP contribution in [0.3, 0.4) is 0 Å². The third-order valence-electron chi connectivity index (χ3n) is 5.30. The third kappa shape index (κ3) is 20.4. The van der Waals surface area contributed by atoms with Gasteiger partial charge < -0.3 is 4.74 Å². The minimum Gasteiger partial charge on any atom is -0.463 e. The summed E-state index contributed by atoms with van der Waals surface area (Å²) in [5, 5.41) is 1.09. The Morgan fingerprint density at radius 2 is 1.14 bits per heavy atom. The molecule has 0 aromatic carbocycles. The molecular formula is C25H47BrO2. The number of rotatable bonds is 21. The Labute approximate surface area is 184 Å². The van der Waals surface area contributed by atoms with E-state index in [1.807, 2.05) is 6.08 Å². The molecule has 0 saturated carbocycles. The molecule has 0 rings (SSSR count). The van der Waals surface area contributed by atoms with Crippen molar-refractivity contribution in [3.05, 3.63) is 11.6 Å². The summed E-state index contributed by atoms with van der Waals surface area (Å²) in [4.78, 5) is 12.2. The Morgan fingerprint density at radius 1 is 0.679 bits per heavy atom. The zero-order chi connectivity index (χ0) is 20.7. The number of allylic oxidation sites excluding steroid dienone is 1. The van der Waals surface area contributed by atoms with Gasteiger partial charge in [-0.3, -0.25) is 0 Å². The first-order chi connectivity index (χ1) is 13.7. The van der Waals surface area contributed by atoms with Crippen molar-refractivity contribution in [1.82, 2.24) is 0 Å². The fourth-order valence-electron chi connectivity index (χ4n) is 3.47. The Kier molecular flexibility index (Phi) is 22.7. The maximum absolute atomic E-state index is 12.2. The van der Waals surface area contributed by atoms with Crippen molar-refractivity contribution in [1.29, 1.82) is 0 Å². The van der Waals surface area contributed by atoms with E-state index >= 15 is 0 Å². The topological polar surface area (TPSA) is 26.3 Å². The monoisotopic (exact) mass is 458 g/mol. The van der Waals surface area contributed by atoms with Crippen LogP contribution < -0.4 is 0 Å². The summed E-state index contributed by atoms with van der Waals surface area (Å²) in [6, 6.07) is 0. The van der Waals surface area contributed by atoms with E-state index in [9.17, 15) is 4.79 Å². The Bertz CT molecular complexity index is 366. The van der Waals surface area contributed by atoms with Crippen LogP contribution >= 0.6 is 15.9 Å². The maximum atomic E-state index is 12.2. The highest BCUT2D eigenvalue weighted by Gasteiger charge is 2.04. The van der Waals surface area contributed by atoms with E-state index in [0.29, 0.717) is 6.61 Å². The summed E-state index contributed by atoms with van der Waals surface area (Å²) in [7, 11) is 0. The second kappa shape index (κ2) is 23.0. The Hall–Kier alpha value is -0.310. The van der Waals surface area contributed by atoms with Crippen LogP contribution in [0.1, 0.15) is 129 Å². The molecule has 0 aromatic heterocycles. The first-order valence-corrected chi connectivity index (χ1v) is 13.3. The quantitative estimate of drug-likeness (QED) is 0.0741. The van der Waals surface area contributed by atoms with Crippen LogP contribution in [0.5, 0.6) is 0 Å². The molecule has 0 fully saturated rings. The molecule has 0 unspecified atom stereocenters. The first kappa shape index (κ1) is 27.7. The van der Waals surface area contributed by atoms with Gasteiger partial charge in [0.25, 0.3) is 0 Å². The van der Waals surface area contributed by atoms with E-state index in [2.05, 4.69) is 29.8 Å². The summed E-state index contributed by atoms with van der Waals surface area (Å²) in [6.45, 7) is 5.07. The van der Waals surface area contributed by atoms with Crippen molar-refractivity contribution in [2.24, 2.45) is 0 Å². The number of hydrogen-bond acceptors (Lipinski definition) is 2. The molecule has 0 heterocycles. The van der Waals surface area contributed by atoms with Crippen LogP contribution in [0.25, 0.3) is 0 Å². The molecule has 2 nitrogen and oxygen atoms in total. The van der Waals surface area contributed by atoms with Crippen LogP contribution in [-0.4, -0.2) is 17.9 Å². The minimum absolute atomic E-state index is 0.119. The molecule has 0 aliphatic carbocycles. The predicted octanol–water partition coefficient (Wildman–Crippen LogP) is 8.91. The largest absolute Gasteiger partial charge is 0.463 e. The smallest absolute Gasteiger partial charge is 0.330 e. The summed E-state index contributed by atoms with van der Waals surface area (Å²) < 4.78 is 5.44. The molecule has 0 aliphatic rings. The van der Waals surface area contributed by atoms with E-state index < -0.39 is 0 Å². The second-order valence-electron chi connectivity index (χ2n) is 8.11. The SMILES string of the molecule is CCCCCCCCCC/C(=C/C(=O)OCCCCCCCBr)CCCCC. The molecule has 0 amide bonds. The van der Waals surface area contributed by atoms with Gasteiger partial charge in [-0.15, -0.1) is 0 Å². The molecular weight excluding hydrogens is 412 g/mol. The van der Waals surface area contributed by atoms with Crippen molar-refractivity contribution < 1.29 is 9.53 Å². The van der Waals surface area contributed by atoms with Gasteiger partial charge in [0, 0.05) is 11.4 Å². The van der Waals surface area contributed by atoms with Crippen LogP contribution in [0.4, 0.5) is 0 Å². The van der Waals surface area contributed by atoms with Crippen molar-refractivity contribution in [3.63, 3.8) is 0 Å². The Morgan fingerprint density at radius 3 is 1.75 bits per heavy atom. The number of alkyl halides is 1. The van der Waals surface area contributed by atoms with Gasteiger partial charge in [0.2, 0.25) is 0 Å². The van der Waals surface area contributed by atoms with E-state index in [1.165, 1.54) is 95.5 Å². The highest BCUT2D eigenvalue weighted by Crippen LogP contribution is 2.18. The maximum Gasteiger partial charge on any atom is 0.330 e. The van der Waals surface area contributed by atoms with Crippen LogP contribution in [-0.2, 0) is 9.53 Å². The number of hydrogen-bond donors (Lipinski definition) is 0. The number of esters is 1. The van der Waals surface area contributed by atoms with E-state index in [4.69, 9.17) is 4.74 Å². The van der Waals surface area contributed by atoms with Gasteiger partial charge in [0.1, 0.15) is 0 Å². The molecule has 0 bridgehead atoms. The summed E-state index contributed by atoms with van der Waals surface area (Å²) >= 11 is 3.46. The fraction of sp³-hybridized carbons (Fsp3) is 0.880. The molecule has 0 aliphatic heterocycles. The van der Waals surface area contributed by atoms with Crippen molar-refractivity contribution in [2.75, 3.05) is 11.9 Å². The number of halogens is 1. The fourth-order valence-corrected chi connectivity index (χ4v) is 3.86. The zero-order valence-electron chi connectivity index (χ0n) is 18.9. The normalized spacial score (nSPS) is 11.8. The Balaban J connectivity index is 4.00. The van der Waals surface area contributed by atoms with Gasteiger partial charge in [-0.1, -0.05) is 112 Å². The van der Waals surface area contributed by atoms with Gasteiger partial charge in [-0.05, 0) is 38.5 Å². The lowest BCUT2D eigenvalue weighted by Crippen LogP contribution is -2.04. The molecule has 0 N–H and O–H groups in total. The standard InChI is InChI=1S/C25H47BrO2/c1-3-5-7-8-9-10-12-16-20-24(19-15-6-4-2)23-25(27)28-22-18-14-11-13-17-21-26/h23H,3-22H2,1-2H3/b24-23+. The van der Waals surface area contributed by atoms with Crippen LogP contribution in [0.2, 0.25) is 0 Å². The molecule has 0 saturated heterocycles. The second-order valence-corrected chi connectivity index (χ2v) is 8.90. The summed E-state index contributed by atoms with van der Waals surface area (Å²) in [5.41, 5.74) is 1.31. The van der Waals surface area contributed by atoms with Crippen molar-refractivity contribution >= 4 is 21.9 Å². The molecule has 166 valence electrons. The zero-order valence-corrected chi connectivity index (χ0v) is 20.5. The van der Waals surface area contributed by atoms with Gasteiger partial charge in [0.05, 0.1) is 6.61 Å². The predicted molar refractivity (Wildman–Crippen MR) is 127 cm³/mol. The number of ether oxygens (including phenoxy) is 1. The van der Waals surface area contributed by atoms with Gasteiger partial charge >= 0.3 is 5.97 Å². The molecule has 0 radical (unpaired) electrons. The molecule has 3 heteroatoms. The number of unbranched alkanes of at least 4 members (excludes halogenated alkanes) is 13. The summed E-state index contributed by atoms with van der Waals surface area (Å²) in [5.74, 6) is -0.119. The van der Waals surface area contributed by atoms with Crippen LogP contribution in [0.15, 0.2) is 11.6 Å². The lowest BCUT2D eigenvalue weighted by molar-refractivity contribution is -0.137.